The third-order valence-electron chi connectivity index (χ3n) is 5.54. The maximum absolute atomic E-state index is 12.9. The van der Waals surface area contributed by atoms with Gasteiger partial charge in [0.1, 0.15) is 0 Å². The molecule has 1 unspecified atom stereocenters. The van der Waals surface area contributed by atoms with Gasteiger partial charge < -0.3 is 30.2 Å². The Labute approximate surface area is 186 Å². The molecule has 0 heterocycles. The maximum atomic E-state index is 12.9. The van der Waals surface area contributed by atoms with E-state index in [4.69, 9.17) is 14.2 Å². The predicted octanol–water partition coefficient (Wildman–Crippen LogP) is 2.02. The molecule has 32 heavy (non-hydrogen) atoms. The van der Waals surface area contributed by atoms with Crippen molar-refractivity contribution in [2.45, 2.75) is 18.9 Å². The molecule has 3 N–H and O–H groups in total. The van der Waals surface area contributed by atoms with Gasteiger partial charge >= 0.3 is 6.03 Å². The smallest absolute Gasteiger partial charge is 0.315 e. The van der Waals surface area contributed by atoms with Crippen LogP contribution in [0.15, 0.2) is 29.1 Å². The summed E-state index contributed by atoms with van der Waals surface area (Å²) < 4.78 is 16.8. The van der Waals surface area contributed by atoms with Crippen LogP contribution in [0.1, 0.15) is 33.9 Å². The topological polar surface area (TPSA) is 115 Å². The zero-order valence-corrected chi connectivity index (χ0v) is 18.8. The van der Waals surface area contributed by atoms with Gasteiger partial charge in [-0.1, -0.05) is 6.07 Å². The Morgan fingerprint density at radius 3 is 2.28 bits per heavy atom. The third kappa shape index (κ3) is 4.05. The Bertz CT molecular complexity index is 1120. The van der Waals surface area contributed by atoms with Gasteiger partial charge in [-0.15, -0.1) is 0 Å². The van der Waals surface area contributed by atoms with E-state index in [1.54, 1.807) is 13.2 Å². The first-order chi connectivity index (χ1) is 15.4. The van der Waals surface area contributed by atoms with Crippen LogP contribution in [-0.4, -0.2) is 47.4 Å². The molecule has 0 radical (unpaired) electrons. The van der Waals surface area contributed by atoms with Crippen molar-refractivity contribution in [3.63, 3.8) is 0 Å². The number of hydrogen-bond acceptors (Lipinski definition) is 6. The highest BCUT2D eigenvalue weighted by Crippen LogP contribution is 2.50. The highest BCUT2D eigenvalue weighted by atomic mass is 16.5. The summed E-state index contributed by atoms with van der Waals surface area (Å²) in [6.07, 6.45) is 1.10. The van der Waals surface area contributed by atoms with Gasteiger partial charge in [0.2, 0.25) is 5.75 Å². The lowest BCUT2D eigenvalue weighted by atomic mass is 9.95. The number of ether oxygens (including phenoxy) is 3. The van der Waals surface area contributed by atoms with Crippen LogP contribution < -0.4 is 35.6 Å². The van der Waals surface area contributed by atoms with Crippen molar-refractivity contribution in [3.05, 3.63) is 51.2 Å². The monoisotopic (exact) mass is 441 g/mol. The molecule has 0 fully saturated rings. The molecular weight excluding hydrogens is 414 g/mol. The quantitative estimate of drug-likeness (QED) is 0.654. The zero-order chi connectivity index (χ0) is 23.4. The van der Waals surface area contributed by atoms with E-state index in [2.05, 4.69) is 16.0 Å². The summed E-state index contributed by atoms with van der Waals surface area (Å²) in [4.78, 5) is 37.3. The minimum absolute atomic E-state index is 0.000241. The number of urea groups is 1. The summed E-state index contributed by atoms with van der Waals surface area (Å²) in [5.41, 5.74) is 2.42. The lowest BCUT2D eigenvalue weighted by Gasteiger charge is -2.19. The Morgan fingerprint density at radius 1 is 0.969 bits per heavy atom. The van der Waals surface area contributed by atoms with E-state index in [-0.39, 0.29) is 11.6 Å². The molecule has 0 aromatic heterocycles. The molecule has 1 aliphatic carbocycles. The molecule has 9 heteroatoms. The van der Waals surface area contributed by atoms with Gasteiger partial charge in [-0.2, -0.15) is 0 Å². The number of aryl methyl sites for hydroxylation is 1. The van der Waals surface area contributed by atoms with Crippen molar-refractivity contribution in [1.29, 1.82) is 0 Å². The largest absolute Gasteiger partial charge is 0.493 e. The SMILES string of the molecule is CNC(=O)NC1CCc2cc(OC)c(OC)c(OC)c2-c2ccc(C(=O)NC)c(=O)cc21. The van der Waals surface area contributed by atoms with Crippen LogP contribution in [0, 0.1) is 0 Å². The summed E-state index contributed by atoms with van der Waals surface area (Å²) in [5, 5.41) is 7.94. The van der Waals surface area contributed by atoms with Gasteiger partial charge in [-0.3, -0.25) is 9.59 Å². The Hall–Kier alpha value is -3.75. The number of carbonyl (C=O) groups excluding carboxylic acids is 2. The van der Waals surface area contributed by atoms with Crippen LogP contribution in [0.4, 0.5) is 4.79 Å². The van der Waals surface area contributed by atoms with Crippen LogP contribution >= 0.6 is 0 Å². The molecule has 9 nitrogen and oxygen atoms in total. The van der Waals surface area contributed by atoms with E-state index in [9.17, 15) is 14.4 Å². The predicted molar refractivity (Wildman–Crippen MR) is 120 cm³/mol. The highest BCUT2D eigenvalue weighted by Gasteiger charge is 2.30. The Balaban J connectivity index is 2.40. The van der Waals surface area contributed by atoms with Crippen LogP contribution in [-0.2, 0) is 6.42 Å². The summed E-state index contributed by atoms with van der Waals surface area (Å²) in [6, 6.07) is 5.62. The van der Waals surface area contributed by atoms with Gasteiger partial charge in [0.15, 0.2) is 16.9 Å². The second-order valence-electron chi connectivity index (χ2n) is 7.20. The second-order valence-corrected chi connectivity index (χ2v) is 7.20. The number of methoxy groups -OCH3 is 3. The first-order valence-electron chi connectivity index (χ1n) is 10.1. The molecule has 1 atom stereocenters. The van der Waals surface area contributed by atoms with Crippen molar-refractivity contribution >= 4 is 11.9 Å². The summed E-state index contributed by atoms with van der Waals surface area (Å²) in [7, 11) is 7.58. The Morgan fingerprint density at radius 2 is 1.69 bits per heavy atom. The molecule has 1 aliphatic rings. The standard InChI is InChI=1S/C23H27N3O6/c1-24-22(28)14-8-7-13-15(11-17(14)27)16(26-23(29)25-2)9-6-12-10-18(30-3)20(31-4)21(32-5)19(12)13/h7-8,10-11,16H,6,9H2,1-5H3,(H,24,28)(H2,25,26,29). The lowest BCUT2D eigenvalue weighted by molar-refractivity contribution is 0.0962. The number of nitrogens with one attached hydrogen (secondary N) is 3. The molecule has 3 amide bonds. The molecule has 0 bridgehead atoms. The molecule has 0 saturated heterocycles. The highest BCUT2D eigenvalue weighted by molar-refractivity contribution is 5.94. The minimum Gasteiger partial charge on any atom is -0.493 e. The van der Waals surface area contributed by atoms with Crippen molar-refractivity contribution < 1.29 is 23.8 Å². The fraction of sp³-hybridized carbons (Fsp3) is 0.348. The van der Waals surface area contributed by atoms with E-state index < -0.39 is 17.4 Å². The lowest BCUT2D eigenvalue weighted by Crippen LogP contribution is -2.36. The van der Waals surface area contributed by atoms with Crippen molar-refractivity contribution in [2.24, 2.45) is 0 Å². The number of carbonyl (C=O) groups is 2. The second kappa shape index (κ2) is 9.59. The number of amides is 3. The molecule has 0 aliphatic heterocycles. The molecule has 0 saturated carbocycles. The van der Waals surface area contributed by atoms with Crippen LogP contribution in [0.2, 0.25) is 0 Å². The number of rotatable bonds is 5. The van der Waals surface area contributed by atoms with E-state index in [0.717, 1.165) is 11.1 Å². The van der Waals surface area contributed by atoms with Crippen molar-refractivity contribution in [1.82, 2.24) is 16.0 Å². The molecular formula is C23H27N3O6. The first-order valence-corrected chi connectivity index (χ1v) is 10.1. The summed E-state index contributed by atoms with van der Waals surface area (Å²) in [6.45, 7) is 0. The maximum Gasteiger partial charge on any atom is 0.315 e. The van der Waals surface area contributed by atoms with Crippen molar-refractivity contribution in [2.75, 3.05) is 35.4 Å². The van der Waals surface area contributed by atoms with E-state index in [1.165, 1.54) is 40.4 Å². The minimum atomic E-state index is -0.490. The van der Waals surface area contributed by atoms with Gasteiger partial charge in [0.25, 0.3) is 5.91 Å². The van der Waals surface area contributed by atoms with E-state index in [1.807, 2.05) is 6.07 Å². The molecule has 170 valence electrons. The van der Waals surface area contributed by atoms with Crippen molar-refractivity contribution in [3.8, 4) is 28.4 Å². The van der Waals surface area contributed by atoms with Crippen LogP contribution in [0.25, 0.3) is 11.1 Å². The van der Waals surface area contributed by atoms with Crippen LogP contribution in [0.3, 0.4) is 0 Å². The normalized spacial score (nSPS) is 14.2. The first kappa shape index (κ1) is 22.9. The molecule has 3 rings (SSSR count). The average molecular weight is 441 g/mol. The summed E-state index contributed by atoms with van der Waals surface area (Å²) >= 11 is 0. The average Bonchev–Trinajstić information content (AvgIpc) is 3.05. The van der Waals surface area contributed by atoms with Gasteiger partial charge in [-0.05, 0) is 47.7 Å². The Kier molecular flexibility index (Phi) is 6.87. The van der Waals surface area contributed by atoms with E-state index in [0.29, 0.717) is 41.2 Å². The summed E-state index contributed by atoms with van der Waals surface area (Å²) in [5.74, 6) is 0.885. The number of hydrogen-bond donors (Lipinski definition) is 3. The zero-order valence-electron chi connectivity index (χ0n) is 18.8. The van der Waals surface area contributed by atoms with E-state index >= 15 is 0 Å². The molecule has 2 aromatic rings. The van der Waals surface area contributed by atoms with Gasteiger partial charge in [0, 0.05) is 19.7 Å². The number of fused-ring (bicyclic) bond motifs is 3. The fourth-order valence-corrected chi connectivity index (χ4v) is 4.02. The molecule has 2 aromatic carbocycles. The van der Waals surface area contributed by atoms with Gasteiger partial charge in [0.05, 0.1) is 32.9 Å². The fourth-order valence-electron chi connectivity index (χ4n) is 4.02. The molecule has 0 spiro atoms. The van der Waals surface area contributed by atoms with Gasteiger partial charge in [-0.25, -0.2) is 4.79 Å². The van der Waals surface area contributed by atoms with Crippen LogP contribution in [0.5, 0.6) is 17.2 Å². The number of benzene rings is 1. The third-order valence-corrected chi connectivity index (χ3v) is 5.54.